The van der Waals surface area contributed by atoms with E-state index >= 15 is 0 Å². The second-order valence-corrected chi connectivity index (χ2v) is 8.71. The number of nitrogens with zero attached hydrogens (tertiary/aromatic N) is 5. The molecule has 8 heteroatoms. The number of hydrogen-bond acceptors (Lipinski definition) is 6. The highest BCUT2D eigenvalue weighted by Gasteiger charge is 2.25. The van der Waals surface area contributed by atoms with Gasteiger partial charge >= 0.3 is 0 Å². The van der Waals surface area contributed by atoms with Crippen LogP contribution in [0.4, 0.5) is 5.82 Å². The first-order chi connectivity index (χ1) is 12.5. The molecule has 1 aliphatic heterocycles. The second-order valence-electron chi connectivity index (χ2n) is 6.90. The minimum atomic E-state index is -3.75. The molecule has 0 unspecified atom stereocenters. The summed E-state index contributed by atoms with van der Waals surface area (Å²) in [5.41, 5.74) is 1.84. The van der Waals surface area contributed by atoms with Gasteiger partial charge in [-0.05, 0) is 37.8 Å². The monoisotopic (exact) mass is 371 g/mol. The van der Waals surface area contributed by atoms with Gasteiger partial charge in [-0.1, -0.05) is 24.6 Å². The fourth-order valence-electron chi connectivity index (χ4n) is 3.25. The van der Waals surface area contributed by atoms with Crippen molar-refractivity contribution in [1.29, 1.82) is 0 Å². The number of aromatic nitrogens is 4. The lowest BCUT2D eigenvalue weighted by Gasteiger charge is -2.31. The molecule has 4 rings (SSSR count). The molecule has 1 saturated heterocycles. The van der Waals surface area contributed by atoms with Gasteiger partial charge in [-0.2, -0.15) is 0 Å². The van der Waals surface area contributed by atoms with Gasteiger partial charge in [0.05, 0.1) is 4.90 Å². The van der Waals surface area contributed by atoms with Crippen LogP contribution in [0.5, 0.6) is 0 Å². The molecule has 0 N–H and O–H groups in total. The van der Waals surface area contributed by atoms with Gasteiger partial charge in [-0.25, -0.2) is 27.3 Å². The molecule has 0 aliphatic carbocycles. The van der Waals surface area contributed by atoms with Crippen molar-refractivity contribution < 1.29 is 8.42 Å². The molecule has 0 saturated carbocycles. The van der Waals surface area contributed by atoms with E-state index in [0.717, 1.165) is 35.5 Å². The fraction of sp³-hybridized carbons (Fsp3) is 0.389. The van der Waals surface area contributed by atoms with E-state index in [1.165, 1.54) is 12.7 Å². The van der Waals surface area contributed by atoms with Crippen molar-refractivity contribution in [1.82, 2.24) is 18.9 Å². The third-order valence-corrected chi connectivity index (χ3v) is 6.60. The molecule has 7 nitrogen and oxygen atoms in total. The first-order valence-electron chi connectivity index (χ1n) is 8.72. The smallest absolute Gasteiger partial charge is 0.270 e. The molecule has 0 spiro atoms. The van der Waals surface area contributed by atoms with Crippen molar-refractivity contribution in [3.63, 3.8) is 0 Å². The van der Waals surface area contributed by atoms with Gasteiger partial charge in [0.2, 0.25) is 0 Å². The third kappa shape index (κ3) is 2.84. The first kappa shape index (κ1) is 17.0. The van der Waals surface area contributed by atoms with Crippen LogP contribution in [-0.2, 0) is 10.0 Å². The normalized spacial score (nSPS) is 16.3. The Labute approximate surface area is 152 Å². The summed E-state index contributed by atoms with van der Waals surface area (Å²) in [6, 6.07) is 6.76. The standard InChI is InChI=1S/C18H21N5O2S/c1-13-3-5-15(6-4-13)26(24,25)23-12-21-16-17(19-11-20-18(16)23)22-9-7-14(2)8-10-22/h3-6,11-12,14H,7-10H2,1-2H3. The second kappa shape index (κ2) is 6.35. The van der Waals surface area contributed by atoms with Crippen LogP contribution < -0.4 is 4.90 Å². The van der Waals surface area contributed by atoms with Gasteiger partial charge in [0.1, 0.15) is 12.7 Å². The van der Waals surface area contributed by atoms with Gasteiger partial charge in [-0.3, -0.25) is 0 Å². The van der Waals surface area contributed by atoms with Crippen LogP contribution in [0.1, 0.15) is 25.3 Å². The Morgan fingerprint density at radius 3 is 2.42 bits per heavy atom. The molecule has 1 fully saturated rings. The Balaban J connectivity index is 1.78. The average Bonchev–Trinajstić information content (AvgIpc) is 3.08. The van der Waals surface area contributed by atoms with Crippen molar-refractivity contribution in [2.24, 2.45) is 5.92 Å². The van der Waals surface area contributed by atoms with E-state index < -0.39 is 10.0 Å². The van der Waals surface area contributed by atoms with Crippen molar-refractivity contribution in [3.8, 4) is 0 Å². The molecule has 1 aromatic carbocycles. The molecule has 1 aliphatic rings. The Morgan fingerprint density at radius 1 is 1.04 bits per heavy atom. The Bertz CT molecular complexity index is 1040. The SMILES string of the molecule is Cc1ccc(S(=O)(=O)n2cnc3c(N4CCC(C)CC4)ncnc32)cc1. The molecule has 3 aromatic rings. The topological polar surface area (TPSA) is 81.0 Å². The zero-order valence-electron chi connectivity index (χ0n) is 14.8. The van der Waals surface area contributed by atoms with Crippen molar-refractivity contribution in [2.45, 2.75) is 31.6 Å². The molecule has 0 atom stereocenters. The molecular formula is C18H21N5O2S. The van der Waals surface area contributed by atoms with E-state index in [-0.39, 0.29) is 4.90 Å². The Morgan fingerprint density at radius 2 is 1.73 bits per heavy atom. The lowest BCUT2D eigenvalue weighted by atomic mass is 9.99. The van der Waals surface area contributed by atoms with Crippen LogP contribution in [0.25, 0.3) is 11.2 Å². The maximum Gasteiger partial charge on any atom is 0.270 e. The van der Waals surface area contributed by atoms with Gasteiger partial charge in [-0.15, -0.1) is 0 Å². The minimum Gasteiger partial charge on any atom is -0.355 e. The largest absolute Gasteiger partial charge is 0.355 e. The molecule has 0 amide bonds. The van der Waals surface area contributed by atoms with E-state index in [1.54, 1.807) is 24.3 Å². The van der Waals surface area contributed by atoms with E-state index in [2.05, 4.69) is 26.8 Å². The maximum atomic E-state index is 13.0. The van der Waals surface area contributed by atoms with E-state index in [1.807, 2.05) is 6.92 Å². The summed E-state index contributed by atoms with van der Waals surface area (Å²) in [6.45, 7) is 5.95. The number of anilines is 1. The predicted octanol–water partition coefficient (Wildman–Crippen LogP) is 2.61. The summed E-state index contributed by atoms with van der Waals surface area (Å²) in [7, 11) is -3.75. The molecule has 26 heavy (non-hydrogen) atoms. The zero-order valence-corrected chi connectivity index (χ0v) is 15.6. The lowest BCUT2D eigenvalue weighted by Crippen LogP contribution is -2.33. The van der Waals surface area contributed by atoms with Crippen LogP contribution in [0.2, 0.25) is 0 Å². The van der Waals surface area contributed by atoms with Gasteiger partial charge in [0, 0.05) is 13.1 Å². The van der Waals surface area contributed by atoms with Crippen LogP contribution >= 0.6 is 0 Å². The molecule has 0 radical (unpaired) electrons. The van der Waals surface area contributed by atoms with Crippen molar-refractivity contribution in [3.05, 3.63) is 42.5 Å². The minimum absolute atomic E-state index is 0.217. The van der Waals surface area contributed by atoms with E-state index in [9.17, 15) is 8.42 Å². The zero-order chi connectivity index (χ0) is 18.3. The van der Waals surface area contributed by atoms with Crippen LogP contribution in [0.3, 0.4) is 0 Å². The number of piperidine rings is 1. The highest BCUT2D eigenvalue weighted by Crippen LogP contribution is 2.28. The maximum absolute atomic E-state index is 13.0. The lowest BCUT2D eigenvalue weighted by molar-refractivity contribution is 0.437. The van der Waals surface area contributed by atoms with E-state index in [0.29, 0.717) is 22.9 Å². The van der Waals surface area contributed by atoms with Crippen molar-refractivity contribution in [2.75, 3.05) is 18.0 Å². The summed E-state index contributed by atoms with van der Waals surface area (Å²) in [6.07, 6.45) is 4.92. The summed E-state index contributed by atoms with van der Waals surface area (Å²) in [4.78, 5) is 15.3. The van der Waals surface area contributed by atoms with Gasteiger partial charge in [0.25, 0.3) is 10.0 Å². The van der Waals surface area contributed by atoms with Gasteiger partial charge in [0.15, 0.2) is 17.0 Å². The summed E-state index contributed by atoms with van der Waals surface area (Å²) in [5, 5.41) is 0. The first-order valence-corrected chi connectivity index (χ1v) is 10.2. The molecule has 0 bridgehead atoms. The number of fused-ring (bicyclic) bond motifs is 1. The number of hydrogen-bond donors (Lipinski definition) is 0. The van der Waals surface area contributed by atoms with Crippen molar-refractivity contribution >= 4 is 27.0 Å². The average molecular weight is 371 g/mol. The molecule has 3 heterocycles. The number of imidazole rings is 1. The molecule has 2 aromatic heterocycles. The number of rotatable bonds is 3. The van der Waals surface area contributed by atoms with Crippen LogP contribution in [-0.4, -0.2) is 40.4 Å². The fourth-order valence-corrected chi connectivity index (χ4v) is 4.49. The molecular weight excluding hydrogens is 350 g/mol. The van der Waals surface area contributed by atoms with E-state index in [4.69, 9.17) is 0 Å². The third-order valence-electron chi connectivity index (χ3n) is 4.95. The highest BCUT2D eigenvalue weighted by molar-refractivity contribution is 7.90. The van der Waals surface area contributed by atoms with Crippen LogP contribution in [0, 0.1) is 12.8 Å². The molecule has 136 valence electrons. The summed E-state index contributed by atoms with van der Waals surface area (Å²) >= 11 is 0. The number of aryl methyl sites for hydroxylation is 1. The van der Waals surface area contributed by atoms with Crippen LogP contribution in [0.15, 0.2) is 41.8 Å². The predicted molar refractivity (Wildman–Crippen MR) is 99.7 cm³/mol. The number of benzene rings is 1. The highest BCUT2D eigenvalue weighted by atomic mass is 32.2. The quantitative estimate of drug-likeness (QED) is 0.704. The Kier molecular flexibility index (Phi) is 4.14. The van der Waals surface area contributed by atoms with Gasteiger partial charge < -0.3 is 4.90 Å². The Hall–Kier alpha value is -2.48. The summed E-state index contributed by atoms with van der Waals surface area (Å²) in [5.74, 6) is 1.41. The summed E-state index contributed by atoms with van der Waals surface area (Å²) < 4.78 is 27.1.